The van der Waals surface area contributed by atoms with Gasteiger partial charge in [0.1, 0.15) is 5.82 Å². The van der Waals surface area contributed by atoms with Crippen LogP contribution >= 0.6 is 0 Å². The summed E-state index contributed by atoms with van der Waals surface area (Å²) in [5.74, 6) is 0.118. The Morgan fingerprint density at radius 3 is 2.38 bits per heavy atom. The summed E-state index contributed by atoms with van der Waals surface area (Å²) in [6.07, 6.45) is 3.44. The van der Waals surface area contributed by atoms with Crippen LogP contribution in [-0.2, 0) is 11.3 Å². The third-order valence-corrected chi connectivity index (χ3v) is 6.37. The molecule has 3 nitrogen and oxygen atoms in total. The number of para-hydroxylation sites is 1. The van der Waals surface area contributed by atoms with Crippen LogP contribution in [0.3, 0.4) is 0 Å². The van der Waals surface area contributed by atoms with Gasteiger partial charge >= 0.3 is 0 Å². The number of hydrogen-bond donors (Lipinski definition) is 1. The number of hydrogen-bond acceptors (Lipinski definition) is 1. The lowest BCUT2D eigenvalue weighted by atomic mass is 9.88. The average Bonchev–Trinajstić information content (AvgIpc) is 3.17. The van der Waals surface area contributed by atoms with Crippen LogP contribution in [0.5, 0.6) is 0 Å². The molecule has 0 radical (unpaired) electrons. The smallest absolute Gasteiger partial charge is 0.220 e. The summed E-state index contributed by atoms with van der Waals surface area (Å²) in [4.78, 5) is 12.9. The molecule has 0 unspecified atom stereocenters. The number of fused-ring (bicyclic) bond motifs is 1. The largest absolute Gasteiger partial charge is 0.356 e. The van der Waals surface area contributed by atoms with Gasteiger partial charge in [-0.05, 0) is 54.2 Å². The standard InChI is InChI=1S/C30H33FN2O/c1-21(2)16-17-32-30(34)18-27(24-12-14-25(31)15-13-24)28-20-33(29-7-5-4-6-26(28)29)19-23-10-8-22(3)9-11-23/h4-15,20-21,27H,16-19H2,1-3H3,(H,32,34)/t27-/m0/s1. The van der Waals surface area contributed by atoms with E-state index in [4.69, 9.17) is 0 Å². The fourth-order valence-corrected chi connectivity index (χ4v) is 4.43. The van der Waals surface area contributed by atoms with Crippen LogP contribution in [0.1, 0.15) is 54.9 Å². The number of nitrogens with one attached hydrogen (secondary N) is 1. The van der Waals surface area contributed by atoms with Gasteiger partial charge < -0.3 is 9.88 Å². The lowest BCUT2D eigenvalue weighted by molar-refractivity contribution is -0.121. The van der Waals surface area contributed by atoms with Crippen molar-refractivity contribution in [2.75, 3.05) is 6.54 Å². The van der Waals surface area contributed by atoms with Crippen molar-refractivity contribution >= 4 is 16.8 Å². The molecule has 1 N–H and O–H groups in total. The predicted molar refractivity (Wildman–Crippen MR) is 138 cm³/mol. The second kappa shape index (κ2) is 10.7. The van der Waals surface area contributed by atoms with Crippen molar-refractivity contribution in [1.29, 1.82) is 0 Å². The van der Waals surface area contributed by atoms with Crippen LogP contribution in [0.4, 0.5) is 4.39 Å². The molecule has 0 spiro atoms. The van der Waals surface area contributed by atoms with E-state index in [-0.39, 0.29) is 17.6 Å². The highest BCUT2D eigenvalue weighted by molar-refractivity contribution is 5.86. The minimum Gasteiger partial charge on any atom is -0.356 e. The number of nitrogens with zero attached hydrogens (tertiary/aromatic N) is 1. The van der Waals surface area contributed by atoms with Gasteiger partial charge in [0.25, 0.3) is 0 Å². The van der Waals surface area contributed by atoms with Crippen molar-refractivity contribution in [1.82, 2.24) is 9.88 Å². The molecule has 4 heteroatoms. The fraction of sp³-hybridized carbons (Fsp3) is 0.300. The van der Waals surface area contributed by atoms with Crippen LogP contribution in [-0.4, -0.2) is 17.0 Å². The summed E-state index contributed by atoms with van der Waals surface area (Å²) in [5.41, 5.74) is 5.63. The van der Waals surface area contributed by atoms with E-state index in [1.54, 1.807) is 12.1 Å². The molecule has 1 atom stereocenters. The summed E-state index contributed by atoms with van der Waals surface area (Å²) in [7, 11) is 0. The van der Waals surface area contributed by atoms with E-state index in [1.165, 1.54) is 23.3 Å². The van der Waals surface area contributed by atoms with Gasteiger partial charge in [-0.3, -0.25) is 4.79 Å². The number of aryl methyl sites for hydroxylation is 1. The molecule has 0 aliphatic carbocycles. The van der Waals surface area contributed by atoms with Gasteiger partial charge in [-0.15, -0.1) is 0 Å². The summed E-state index contributed by atoms with van der Waals surface area (Å²) in [6, 6.07) is 23.4. The first-order chi connectivity index (χ1) is 16.4. The topological polar surface area (TPSA) is 34.0 Å². The highest BCUT2D eigenvalue weighted by Crippen LogP contribution is 2.35. The van der Waals surface area contributed by atoms with E-state index < -0.39 is 0 Å². The van der Waals surface area contributed by atoms with Gasteiger partial charge in [-0.25, -0.2) is 4.39 Å². The van der Waals surface area contributed by atoms with Crippen molar-refractivity contribution in [3.05, 3.63) is 107 Å². The van der Waals surface area contributed by atoms with E-state index in [9.17, 15) is 9.18 Å². The maximum absolute atomic E-state index is 13.7. The zero-order valence-electron chi connectivity index (χ0n) is 20.2. The Labute approximate surface area is 201 Å². The van der Waals surface area contributed by atoms with E-state index in [2.05, 4.69) is 73.3 Å². The lowest BCUT2D eigenvalue weighted by Crippen LogP contribution is -2.27. The maximum Gasteiger partial charge on any atom is 0.220 e. The molecule has 4 rings (SSSR count). The second-order valence-electron chi connectivity index (χ2n) is 9.56. The summed E-state index contributed by atoms with van der Waals surface area (Å²) in [6.45, 7) is 7.80. The highest BCUT2D eigenvalue weighted by Gasteiger charge is 2.23. The predicted octanol–water partition coefficient (Wildman–Crippen LogP) is 6.82. The van der Waals surface area contributed by atoms with Crippen LogP contribution in [0.2, 0.25) is 0 Å². The second-order valence-corrected chi connectivity index (χ2v) is 9.56. The number of halogens is 1. The quantitative estimate of drug-likeness (QED) is 0.295. The maximum atomic E-state index is 13.7. The van der Waals surface area contributed by atoms with Crippen molar-refractivity contribution in [2.24, 2.45) is 5.92 Å². The van der Waals surface area contributed by atoms with Crippen LogP contribution in [0.15, 0.2) is 79.0 Å². The first-order valence-corrected chi connectivity index (χ1v) is 12.1. The molecule has 0 fully saturated rings. The van der Waals surface area contributed by atoms with Gasteiger partial charge in [0.2, 0.25) is 5.91 Å². The van der Waals surface area contributed by atoms with E-state index >= 15 is 0 Å². The number of carbonyl (C=O) groups excluding carboxylic acids is 1. The van der Waals surface area contributed by atoms with Crippen molar-refractivity contribution in [3.8, 4) is 0 Å². The monoisotopic (exact) mass is 456 g/mol. The van der Waals surface area contributed by atoms with Crippen LogP contribution in [0.25, 0.3) is 10.9 Å². The summed E-state index contributed by atoms with van der Waals surface area (Å²) < 4.78 is 16.0. The molecule has 176 valence electrons. The first-order valence-electron chi connectivity index (χ1n) is 12.1. The van der Waals surface area contributed by atoms with Crippen LogP contribution in [0, 0.1) is 18.7 Å². The normalized spacial score (nSPS) is 12.3. The minimum absolute atomic E-state index is 0.0188. The van der Waals surface area contributed by atoms with Gasteiger partial charge in [-0.2, -0.15) is 0 Å². The Kier molecular flexibility index (Phi) is 7.46. The van der Waals surface area contributed by atoms with Gasteiger partial charge in [0, 0.05) is 42.5 Å². The summed E-state index contributed by atoms with van der Waals surface area (Å²) >= 11 is 0. The Morgan fingerprint density at radius 1 is 0.971 bits per heavy atom. The van der Waals surface area contributed by atoms with Gasteiger partial charge in [0.15, 0.2) is 0 Å². The first kappa shape index (κ1) is 23.7. The third-order valence-electron chi connectivity index (χ3n) is 6.37. The number of amides is 1. The van der Waals surface area contributed by atoms with E-state index in [0.29, 0.717) is 18.9 Å². The summed E-state index contributed by atoms with van der Waals surface area (Å²) in [5, 5.41) is 4.20. The Hall–Kier alpha value is -3.40. The fourth-order valence-electron chi connectivity index (χ4n) is 4.43. The molecule has 0 saturated carbocycles. The van der Waals surface area contributed by atoms with E-state index in [1.807, 2.05) is 12.1 Å². The minimum atomic E-state index is -0.273. The Morgan fingerprint density at radius 2 is 1.68 bits per heavy atom. The molecule has 1 aromatic heterocycles. The van der Waals surface area contributed by atoms with Gasteiger partial charge in [0.05, 0.1) is 0 Å². The number of carbonyl (C=O) groups is 1. The molecule has 0 aliphatic heterocycles. The molecule has 1 amide bonds. The zero-order valence-corrected chi connectivity index (χ0v) is 20.2. The van der Waals surface area contributed by atoms with Crippen molar-refractivity contribution in [3.63, 3.8) is 0 Å². The number of benzene rings is 3. The van der Waals surface area contributed by atoms with Crippen molar-refractivity contribution in [2.45, 2.75) is 46.1 Å². The number of aromatic nitrogens is 1. The van der Waals surface area contributed by atoms with Crippen molar-refractivity contribution < 1.29 is 9.18 Å². The molecule has 4 aromatic rings. The number of rotatable bonds is 9. The van der Waals surface area contributed by atoms with E-state index in [0.717, 1.165) is 35.0 Å². The molecular formula is C30H33FN2O. The highest BCUT2D eigenvalue weighted by atomic mass is 19.1. The Bertz CT molecular complexity index is 1240. The molecule has 0 bridgehead atoms. The zero-order chi connectivity index (χ0) is 24.1. The molecule has 3 aromatic carbocycles. The SMILES string of the molecule is Cc1ccc(Cn2cc([C@@H](CC(=O)NCCC(C)C)c3ccc(F)cc3)c3ccccc32)cc1. The van der Waals surface area contributed by atoms with Crippen LogP contribution < -0.4 is 5.32 Å². The molecule has 0 saturated heterocycles. The molecule has 34 heavy (non-hydrogen) atoms. The molecule has 1 heterocycles. The molecule has 0 aliphatic rings. The molecular weight excluding hydrogens is 423 g/mol. The lowest BCUT2D eigenvalue weighted by Gasteiger charge is -2.18. The Balaban J connectivity index is 1.70. The third kappa shape index (κ3) is 5.74. The van der Waals surface area contributed by atoms with Gasteiger partial charge in [-0.1, -0.05) is 74.0 Å². The average molecular weight is 457 g/mol.